The molecular weight excluding hydrogens is 356 g/mol. The summed E-state index contributed by atoms with van der Waals surface area (Å²) in [5, 5.41) is 0.622. The molecule has 0 aliphatic carbocycles. The molecule has 2 aromatic rings. The molecule has 1 saturated heterocycles. The first-order valence-corrected chi connectivity index (χ1v) is 7.62. The topological polar surface area (TPSA) is 42.4 Å². The van der Waals surface area contributed by atoms with E-state index in [1.54, 1.807) is 35.4 Å². The number of aromatic nitrogens is 1. The van der Waals surface area contributed by atoms with Gasteiger partial charge in [-0.2, -0.15) is 0 Å². The summed E-state index contributed by atoms with van der Waals surface area (Å²) in [5.74, 6) is 0.549. The van der Waals surface area contributed by atoms with Crippen LogP contribution >= 0.6 is 27.5 Å². The van der Waals surface area contributed by atoms with Gasteiger partial charge in [-0.15, -0.1) is 0 Å². The van der Waals surface area contributed by atoms with Crippen molar-refractivity contribution in [2.24, 2.45) is 0 Å². The largest absolute Gasteiger partial charge is 0.470 e. The van der Waals surface area contributed by atoms with Gasteiger partial charge in [0, 0.05) is 16.8 Å². The quantitative estimate of drug-likeness (QED) is 0.835. The number of carbonyl (C=O) groups excluding carboxylic acids is 1. The molecule has 108 valence electrons. The third-order valence-electron chi connectivity index (χ3n) is 3.23. The first-order valence-electron chi connectivity index (χ1n) is 6.45. The summed E-state index contributed by atoms with van der Waals surface area (Å²) in [6, 6.07) is 10.6. The smallest absolute Gasteiger partial charge is 0.254 e. The van der Waals surface area contributed by atoms with Crippen molar-refractivity contribution in [2.75, 3.05) is 13.1 Å². The average molecular weight is 368 g/mol. The maximum atomic E-state index is 12.2. The minimum absolute atomic E-state index is 0.00777. The van der Waals surface area contributed by atoms with E-state index in [0.29, 0.717) is 29.6 Å². The fraction of sp³-hybridized carbons (Fsp3) is 0.200. The van der Waals surface area contributed by atoms with Crippen LogP contribution in [0.1, 0.15) is 10.4 Å². The third-order valence-corrected chi connectivity index (χ3v) is 4.08. The van der Waals surface area contributed by atoms with Gasteiger partial charge in [0.15, 0.2) is 0 Å². The summed E-state index contributed by atoms with van der Waals surface area (Å²) in [4.78, 5) is 18.1. The van der Waals surface area contributed by atoms with Crippen LogP contribution in [0.2, 0.25) is 5.02 Å². The van der Waals surface area contributed by atoms with Crippen molar-refractivity contribution in [1.82, 2.24) is 9.88 Å². The zero-order chi connectivity index (χ0) is 14.8. The highest BCUT2D eigenvalue weighted by molar-refractivity contribution is 9.10. The lowest BCUT2D eigenvalue weighted by Gasteiger charge is -2.38. The third kappa shape index (κ3) is 3.19. The van der Waals surface area contributed by atoms with Gasteiger partial charge in [-0.05, 0) is 52.3 Å². The van der Waals surface area contributed by atoms with E-state index in [2.05, 4.69) is 20.9 Å². The molecule has 4 nitrogen and oxygen atoms in total. The van der Waals surface area contributed by atoms with E-state index < -0.39 is 0 Å². The van der Waals surface area contributed by atoms with E-state index >= 15 is 0 Å². The minimum Gasteiger partial charge on any atom is -0.470 e. The van der Waals surface area contributed by atoms with Crippen molar-refractivity contribution in [2.45, 2.75) is 6.10 Å². The zero-order valence-corrected chi connectivity index (χ0v) is 13.3. The second-order valence-corrected chi connectivity index (χ2v) is 6.04. The lowest BCUT2D eigenvalue weighted by atomic mass is 10.1. The van der Waals surface area contributed by atoms with Gasteiger partial charge in [0.1, 0.15) is 6.10 Å². The highest BCUT2D eigenvalue weighted by atomic mass is 79.9. The van der Waals surface area contributed by atoms with Crippen molar-refractivity contribution >= 4 is 33.4 Å². The van der Waals surface area contributed by atoms with Gasteiger partial charge in [-0.25, -0.2) is 4.98 Å². The Morgan fingerprint density at radius 2 is 2.00 bits per heavy atom. The molecule has 0 spiro atoms. The first-order chi connectivity index (χ1) is 10.1. The fourth-order valence-electron chi connectivity index (χ4n) is 2.07. The van der Waals surface area contributed by atoms with E-state index in [-0.39, 0.29) is 12.0 Å². The van der Waals surface area contributed by atoms with Gasteiger partial charge in [0.2, 0.25) is 5.88 Å². The number of pyridine rings is 1. The molecule has 3 rings (SSSR count). The van der Waals surface area contributed by atoms with Crippen LogP contribution in [-0.2, 0) is 0 Å². The van der Waals surface area contributed by atoms with Crippen molar-refractivity contribution in [1.29, 1.82) is 0 Å². The number of likely N-dealkylation sites (tertiary alicyclic amines) is 1. The predicted octanol–water partition coefficient (Wildman–Crippen LogP) is 3.40. The van der Waals surface area contributed by atoms with Crippen molar-refractivity contribution in [3.8, 4) is 5.88 Å². The van der Waals surface area contributed by atoms with Crippen LogP contribution in [0.4, 0.5) is 0 Å². The number of ether oxygens (including phenoxy) is 1. The number of amides is 1. The second kappa shape index (κ2) is 6.03. The molecule has 2 heterocycles. The number of halogens is 2. The molecule has 1 amide bonds. The Labute approximate surface area is 135 Å². The van der Waals surface area contributed by atoms with Crippen LogP contribution in [0.5, 0.6) is 5.88 Å². The lowest BCUT2D eigenvalue weighted by molar-refractivity contribution is 0.0157. The molecule has 1 aromatic carbocycles. The van der Waals surface area contributed by atoms with Crippen molar-refractivity contribution < 1.29 is 9.53 Å². The monoisotopic (exact) mass is 366 g/mol. The normalized spacial score (nSPS) is 14.7. The molecule has 0 saturated carbocycles. The number of benzene rings is 1. The van der Waals surface area contributed by atoms with Crippen LogP contribution in [0.15, 0.2) is 47.1 Å². The first kappa shape index (κ1) is 14.4. The molecule has 21 heavy (non-hydrogen) atoms. The summed E-state index contributed by atoms with van der Waals surface area (Å²) in [5.41, 5.74) is 0.636. The van der Waals surface area contributed by atoms with Crippen LogP contribution in [-0.4, -0.2) is 35.0 Å². The van der Waals surface area contributed by atoms with Crippen molar-refractivity contribution in [3.63, 3.8) is 0 Å². The molecule has 0 N–H and O–H groups in total. The summed E-state index contributed by atoms with van der Waals surface area (Å²) < 4.78 is 6.56. The highest BCUT2D eigenvalue weighted by Crippen LogP contribution is 2.25. The van der Waals surface area contributed by atoms with E-state index in [1.807, 2.05) is 12.1 Å². The standard InChI is InChI=1S/C15H12BrClN2O2/c16-13-2-1-7-18-14(13)21-12-8-19(9-12)15(20)10-3-5-11(17)6-4-10/h1-7,12H,8-9H2. The molecule has 1 aromatic heterocycles. The van der Waals surface area contributed by atoms with E-state index in [4.69, 9.17) is 16.3 Å². The van der Waals surface area contributed by atoms with Gasteiger partial charge >= 0.3 is 0 Å². The van der Waals surface area contributed by atoms with Crippen LogP contribution in [0, 0.1) is 0 Å². The molecule has 0 unspecified atom stereocenters. The van der Waals surface area contributed by atoms with Gasteiger partial charge in [-0.1, -0.05) is 11.6 Å². The van der Waals surface area contributed by atoms with Crippen molar-refractivity contribution in [3.05, 3.63) is 57.7 Å². The zero-order valence-electron chi connectivity index (χ0n) is 11.0. The SMILES string of the molecule is O=C(c1ccc(Cl)cc1)N1CC(Oc2ncccc2Br)C1. The maximum Gasteiger partial charge on any atom is 0.254 e. The number of nitrogens with zero attached hydrogens (tertiary/aromatic N) is 2. The number of carbonyl (C=O) groups is 1. The predicted molar refractivity (Wildman–Crippen MR) is 83.7 cm³/mol. The Kier molecular flexibility index (Phi) is 4.12. The molecule has 1 fully saturated rings. The maximum absolute atomic E-state index is 12.2. The minimum atomic E-state index is -0.0209. The molecular formula is C15H12BrClN2O2. The Bertz CT molecular complexity index is 657. The second-order valence-electron chi connectivity index (χ2n) is 4.75. The number of hydrogen-bond acceptors (Lipinski definition) is 3. The summed E-state index contributed by atoms with van der Waals surface area (Å²) in [7, 11) is 0. The molecule has 1 aliphatic heterocycles. The van der Waals surface area contributed by atoms with E-state index in [0.717, 1.165) is 4.47 Å². The Hall–Kier alpha value is -1.59. The molecule has 0 bridgehead atoms. The molecule has 6 heteroatoms. The van der Waals surface area contributed by atoms with Crippen LogP contribution in [0.25, 0.3) is 0 Å². The summed E-state index contributed by atoms with van der Waals surface area (Å²) in [6.45, 7) is 1.12. The van der Waals surface area contributed by atoms with Gasteiger partial charge < -0.3 is 9.64 Å². The highest BCUT2D eigenvalue weighted by Gasteiger charge is 2.33. The molecule has 1 aliphatic rings. The summed E-state index contributed by atoms with van der Waals surface area (Å²) in [6.07, 6.45) is 1.66. The Morgan fingerprint density at radius 1 is 1.29 bits per heavy atom. The Morgan fingerprint density at radius 3 is 2.67 bits per heavy atom. The van der Waals surface area contributed by atoms with E-state index in [9.17, 15) is 4.79 Å². The van der Waals surface area contributed by atoms with Crippen LogP contribution < -0.4 is 4.74 Å². The van der Waals surface area contributed by atoms with Gasteiger partial charge in [-0.3, -0.25) is 4.79 Å². The number of hydrogen-bond donors (Lipinski definition) is 0. The molecule has 0 radical (unpaired) electrons. The van der Waals surface area contributed by atoms with E-state index in [1.165, 1.54) is 0 Å². The summed E-state index contributed by atoms with van der Waals surface area (Å²) >= 11 is 9.20. The molecule has 0 atom stereocenters. The number of rotatable bonds is 3. The Balaban J connectivity index is 1.57. The average Bonchev–Trinajstić information content (AvgIpc) is 2.44. The fourth-order valence-corrected chi connectivity index (χ4v) is 2.54. The lowest BCUT2D eigenvalue weighted by Crippen LogP contribution is -2.56. The van der Waals surface area contributed by atoms with Gasteiger partial charge in [0.05, 0.1) is 17.6 Å². The van der Waals surface area contributed by atoms with Crippen LogP contribution in [0.3, 0.4) is 0 Å². The van der Waals surface area contributed by atoms with Gasteiger partial charge in [0.25, 0.3) is 5.91 Å².